The molecule has 0 atom stereocenters. The maximum atomic E-state index is 12.1. The van der Waals surface area contributed by atoms with Gasteiger partial charge in [0.1, 0.15) is 5.65 Å². The molecule has 0 amide bonds. The Bertz CT molecular complexity index is 709. The Hall–Kier alpha value is -2.21. The van der Waals surface area contributed by atoms with Crippen molar-refractivity contribution < 1.29 is 9.90 Å². The highest BCUT2D eigenvalue weighted by Crippen LogP contribution is 2.07. The molecule has 0 aliphatic rings. The highest BCUT2D eigenvalue weighted by molar-refractivity contribution is 5.69. The second kappa shape index (κ2) is 6.49. The van der Waals surface area contributed by atoms with Crippen LogP contribution in [0.25, 0.3) is 5.65 Å². The number of carboxylic acid groups (broad SMARTS) is 1. The highest BCUT2D eigenvalue weighted by Gasteiger charge is 2.12. The summed E-state index contributed by atoms with van der Waals surface area (Å²) in [5.74, 6) is -0.878. The minimum Gasteiger partial charge on any atom is -0.480 e. The number of nitrogens with zero attached hydrogens (tertiary/aromatic N) is 3. The van der Waals surface area contributed by atoms with Crippen LogP contribution in [-0.2, 0) is 11.3 Å². The normalized spacial score (nSPS) is 11.2. The minimum atomic E-state index is -0.878. The van der Waals surface area contributed by atoms with E-state index in [1.807, 2.05) is 19.9 Å². The standard InChI is InChI=1S/C15H19N3O3/c1-3-6-17(10-14(20)21)9-12-8-13(19)18-7-4-5-11(2)15(18)16-12/h4-5,7-8H,3,6,9-10H2,1-2H3,(H,20,21). The van der Waals surface area contributed by atoms with E-state index in [-0.39, 0.29) is 12.1 Å². The number of pyridine rings is 1. The van der Waals surface area contributed by atoms with E-state index in [2.05, 4.69) is 4.98 Å². The van der Waals surface area contributed by atoms with Crippen LogP contribution < -0.4 is 5.56 Å². The number of carboxylic acids is 1. The van der Waals surface area contributed by atoms with E-state index in [9.17, 15) is 9.59 Å². The van der Waals surface area contributed by atoms with Crippen molar-refractivity contribution in [1.29, 1.82) is 0 Å². The van der Waals surface area contributed by atoms with Gasteiger partial charge in [0.2, 0.25) is 0 Å². The summed E-state index contributed by atoms with van der Waals surface area (Å²) < 4.78 is 1.50. The average molecular weight is 289 g/mol. The van der Waals surface area contributed by atoms with Crippen molar-refractivity contribution in [2.75, 3.05) is 13.1 Å². The van der Waals surface area contributed by atoms with Gasteiger partial charge in [-0.05, 0) is 31.5 Å². The van der Waals surface area contributed by atoms with Crippen LogP contribution in [-0.4, -0.2) is 38.4 Å². The van der Waals surface area contributed by atoms with E-state index in [1.165, 1.54) is 10.5 Å². The van der Waals surface area contributed by atoms with Crippen LogP contribution in [0.3, 0.4) is 0 Å². The van der Waals surface area contributed by atoms with Crippen LogP contribution in [0.2, 0.25) is 0 Å². The maximum absolute atomic E-state index is 12.1. The van der Waals surface area contributed by atoms with Crippen molar-refractivity contribution in [2.45, 2.75) is 26.8 Å². The molecule has 0 aliphatic carbocycles. The first-order valence-corrected chi connectivity index (χ1v) is 6.93. The van der Waals surface area contributed by atoms with Gasteiger partial charge in [0, 0.05) is 18.8 Å². The number of fused-ring (bicyclic) bond motifs is 1. The van der Waals surface area contributed by atoms with Gasteiger partial charge in [-0.1, -0.05) is 13.0 Å². The predicted octanol–water partition coefficient (Wildman–Crippen LogP) is 1.30. The molecule has 6 heteroatoms. The lowest BCUT2D eigenvalue weighted by Crippen LogP contribution is -2.31. The van der Waals surface area contributed by atoms with Gasteiger partial charge in [0.25, 0.3) is 5.56 Å². The summed E-state index contributed by atoms with van der Waals surface area (Å²) in [5, 5.41) is 8.93. The Morgan fingerprint density at radius 2 is 2.24 bits per heavy atom. The summed E-state index contributed by atoms with van der Waals surface area (Å²) in [6.45, 7) is 4.85. The fourth-order valence-corrected chi connectivity index (χ4v) is 2.34. The molecule has 0 aromatic carbocycles. The molecular formula is C15H19N3O3. The van der Waals surface area contributed by atoms with Crippen LogP contribution in [0.1, 0.15) is 24.6 Å². The van der Waals surface area contributed by atoms with Crippen LogP contribution in [0.15, 0.2) is 29.2 Å². The number of hydrogen-bond donors (Lipinski definition) is 1. The average Bonchev–Trinajstić information content (AvgIpc) is 2.39. The first-order chi connectivity index (χ1) is 10.0. The molecule has 2 aromatic rings. The van der Waals surface area contributed by atoms with Crippen molar-refractivity contribution in [2.24, 2.45) is 0 Å². The first kappa shape index (κ1) is 15.2. The zero-order chi connectivity index (χ0) is 15.4. The SMILES string of the molecule is CCCN(CC(=O)O)Cc1cc(=O)n2cccc(C)c2n1. The Morgan fingerprint density at radius 3 is 2.90 bits per heavy atom. The highest BCUT2D eigenvalue weighted by atomic mass is 16.4. The van der Waals surface area contributed by atoms with Crippen LogP contribution in [0.4, 0.5) is 0 Å². The van der Waals surface area contributed by atoms with Crippen molar-refractivity contribution in [1.82, 2.24) is 14.3 Å². The summed E-state index contributed by atoms with van der Waals surface area (Å²) in [5.41, 5.74) is 1.98. The molecule has 1 N–H and O–H groups in total. The molecule has 21 heavy (non-hydrogen) atoms. The zero-order valence-corrected chi connectivity index (χ0v) is 12.2. The third kappa shape index (κ3) is 3.66. The number of carbonyl (C=O) groups is 1. The third-order valence-corrected chi connectivity index (χ3v) is 3.22. The van der Waals surface area contributed by atoms with Crippen LogP contribution in [0, 0.1) is 6.92 Å². The number of aliphatic carboxylic acids is 1. The summed E-state index contributed by atoms with van der Waals surface area (Å²) in [6, 6.07) is 5.17. The summed E-state index contributed by atoms with van der Waals surface area (Å²) in [7, 11) is 0. The Labute approximate surface area is 122 Å². The Kier molecular flexibility index (Phi) is 4.70. The molecule has 2 rings (SSSR count). The summed E-state index contributed by atoms with van der Waals surface area (Å²) in [4.78, 5) is 29.3. The Morgan fingerprint density at radius 1 is 1.48 bits per heavy atom. The van der Waals surface area contributed by atoms with Gasteiger partial charge in [-0.15, -0.1) is 0 Å². The molecule has 0 fully saturated rings. The number of aromatic nitrogens is 2. The fourth-order valence-electron chi connectivity index (χ4n) is 2.34. The summed E-state index contributed by atoms with van der Waals surface area (Å²) in [6.07, 6.45) is 2.53. The van der Waals surface area contributed by atoms with Gasteiger partial charge in [-0.3, -0.25) is 18.9 Å². The molecule has 0 saturated carbocycles. The quantitative estimate of drug-likeness (QED) is 0.867. The molecule has 0 aliphatic heterocycles. The van der Waals surface area contributed by atoms with Gasteiger partial charge >= 0.3 is 5.97 Å². The van der Waals surface area contributed by atoms with Crippen molar-refractivity contribution in [3.8, 4) is 0 Å². The van der Waals surface area contributed by atoms with Crippen LogP contribution >= 0.6 is 0 Å². The molecule has 6 nitrogen and oxygen atoms in total. The monoisotopic (exact) mass is 289 g/mol. The van der Waals surface area contributed by atoms with Gasteiger partial charge in [-0.2, -0.15) is 0 Å². The van der Waals surface area contributed by atoms with Crippen molar-refractivity contribution in [3.05, 3.63) is 46.0 Å². The Balaban J connectivity index is 2.35. The molecule has 0 bridgehead atoms. The zero-order valence-electron chi connectivity index (χ0n) is 12.2. The molecule has 2 aromatic heterocycles. The van der Waals surface area contributed by atoms with E-state index in [4.69, 9.17) is 5.11 Å². The summed E-state index contributed by atoms with van der Waals surface area (Å²) >= 11 is 0. The molecule has 0 unspecified atom stereocenters. The smallest absolute Gasteiger partial charge is 0.317 e. The molecule has 112 valence electrons. The van der Waals surface area contributed by atoms with E-state index in [0.717, 1.165) is 12.0 Å². The van der Waals surface area contributed by atoms with Gasteiger partial charge in [-0.25, -0.2) is 4.98 Å². The molecule has 0 saturated heterocycles. The van der Waals surface area contributed by atoms with Gasteiger partial charge in [0.15, 0.2) is 0 Å². The second-order valence-corrected chi connectivity index (χ2v) is 5.07. The lowest BCUT2D eigenvalue weighted by Gasteiger charge is -2.19. The van der Waals surface area contributed by atoms with E-state index >= 15 is 0 Å². The molecular weight excluding hydrogens is 270 g/mol. The topological polar surface area (TPSA) is 74.9 Å². The second-order valence-electron chi connectivity index (χ2n) is 5.07. The van der Waals surface area contributed by atoms with Gasteiger partial charge in [0.05, 0.1) is 12.2 Å². The number of aryl methyl sites for hydroxylation is 1. The molecule has 0 spiro atoms. The minimum absolute atomic E-state index is 0.0529. The van der Waals surface area contributed by atoms with Crippen molar-refractivity contribution >= 4 is 11.6 Å². The van der Waals surface area contributed by atoms with Crippen LogP contribution in [0.5, 0.6) is 0 Å². The molecule has 0 radical (unpaired) electrons. The fraction of sp³-hybridized carbons (Fsp3) is 0.400. The largest absolute Gasteiger partial charge is 0.480 e. The number of rotatable bonds is 6. The first-order valence-electron chi connectivity index (χ1n) is 6.93. The predicted molar refractivity (Wildman–Crippen MR) is 79.4 cm³/mol. The van der Waals surface area contributed by atoms with Gasteiger partial charge < -0.3 is 5.11 Å². The third-order valence-electron chi connectivity index (χ3n) is 3.22. The van der Waals surface area contributed by atoms with Crippen molar-refractivity contribution in [3.63, 3.8) is 0 Å². The van der Waals surface area contributed by atoms with E-state index in [1.54, 1.807) is 17.2 Å². The van der Waals surface area contributed by atoms with E-state index in [0.29, 0.717) is 24.4 Å². The lowest BCUT2D eigenvalue weighted by atomic mass is 10.2. The molecule has 2 heterocycles. The maximum Gasteiger partial charge on any atom is 0.317 e. The van der Waals surface area contributed by atoms with E-state index < -0.39 is 5.97 Å². The lowest BCUT2D eigenvalue weighted by molar-refractivity contribution is -0.138. The number of hydrogen-bond acceptors (Lipinski definition) is 4.